The van der Waals surface area contributed by atoms with Gasteiger partial charge in [-0.15, -0.1) is 0 Å². The van der Waals surface area contributed by atoms with Gasteiger partial charge in [-0.25, -0.2) is 9.97 Å². The number of aryl methyl sites for hydroxylation is 1. The molecular formula is C20H21N7. The Hall–Kier alpha value is -3.22. The van der Waals surface area contributed by atoms with E-state index in [1.165, 1.54) is 12.8 Å². The minimum absolute atomic E-state index is 0.323. The Morgan fingerprint density at radius 2 is 2.00 bits per heavy atom. The van der Waals surface area contributed by atoms with Crippen LogP contribution in [0.1, 0.15) is 25.8 Å². The van der Waals surface area contributed by atoms with Crippen LogP contribution in [-0.4, -0.2) is 33.9 Å². The monoisotopic (exact) mass is 359 g/mol. The van der Waals surface area contributed by atoms with Gasteiger partial charge >= 0.3 is 0 Å². The summed E-state index contributed by atoms with van der Waals surface area (Å²) < 4.78 is 5.85. The predicted octanol–water partition coefficient (Wildman–Crippen LogP) is 3.52. The Morgan fingerprint density at radius 3 is 2.74 bits per heavy atom. The van der Waals surface area contributed by atoms with E-state index in [0.717, 1.165) is 28.3 Å². The summed E-state index contributed by atoms with van der Waals surface area (Å²) >= 11 is 0. The van der Waals surface area contributed by atoms with Gasteiger partial charge < -0.3 is 0 Å². The number of nitrogens with zero attached hydrogens (tertiary/aromatic N) is 7. The van der Waals surface area contributed by atoms with Crippen LogP contribution in [-0.2, 0) is 7.05 Å². The van der Waals surface area contributed by atoms with Crippen LogP contribution in [0.15, 0.2) is 55.4 Å². The van der Waals surface area contributed by atoms with Crippen LogP contribution in [0.25, 0.3) is 28.3 Å². The molecule has 1 unspecified atom stereocenters. The van der Waals surface area contributed by atoms with Crippen LogP contribution >= 0.6 is 0 Å². The Kier molecular flexibility index (Phi) is 3.67. The molecule has 0 radical (unpaired) electrons. The average molecular weight is 359 g/mol. The van der Waals surface area contributed by atoms with Crippen molar-refractivity contribution in [3.8, 4) is 22.6 Å². The lowest BCUT2D eigenvalue weighted by Gasteiger charge is -2.12. The van der Waals surface area contributed by atoms with Gasteiger partial charge in [0, 0.05) is 43.5 Å². The summed E-state index contributed by atoms with van der Waals surface area (Å²) in [4.78, 5) is 9.37. The van der Waals surface area contributed by atoms with Crippen molar-refractivity contribution in [1.29, 1.82) is 0 Å². The first-order valence-electron chi connectivity index (χ1n) is 9.23. The molecule has 0 spiro atoms. The first kappa shape index (κ1) is 16.0. The van der Waals surface area contributed by atoms with E-state index in [4.69, 9.17) is 4.98 Å². The summed E-state index contributed by atoms with van der Waals surface area (Å²) in [7, 11) is 1.90. The summed E-state index contributed by atoms with van der Waals surface area (Å²) in [5.41, 5.74) is 3.68. The summed E-state index contributed by atoms with van der Waals surface area (Å²) in [6.45, 7) is 2.06. The van der Waals surface area contributed by atoms with Crippen LogP contribution in [0.3, 0.4) is 0 Å². The normalized spacial score (nSPS) is 15.8. The second kappa shape index (κ2) is 6.19. The van der Waals surface area contributed by atoms with E-state index in [1.54, 1.807) is 10.9 Å². The lowest BCUT2D eigenvalue weighted by Crippen LogP contribution is -2.08. The molecule has 7 heteroatoms. The molecule has 7 nitrogen and oxygen atoms in total. The second-order valence-electron chi connectivity index (χ2n) is 7.09. The van der Waals surface area contributed by atoms with Crippen molar-refractivity contribution in [2.24, 2.45) is 13.0 Å². The Morgan fingerprint density at radius 1 is 1.15 bits per heavy atom. The molecule has 0 aliphatic heterocycles. The Balaban J connectivity index is 1.61. The fourth-order valence-electron chi connectivity index (χ4n) is 3.54. The minimum atomic E-state index is 0.323. The molecule has 0 bridgehead atoms. The largest absolute Gasteiger partial charge is 0.284 e. The summed E-state index contributed by atoms with van der Waals surface area (Å²) in [6, 6.07) is 2.31. The van der Waals surface area contributed by atoms with Crippen molar-refractivity contribution in [2.75, 3.05) is 0 Å². The van der Waals surface area contributed by atoms with Gasteiger partial charge in [0.2, 0.25) is 0 Å². The van der Waals surface area contributed by atoms with E-state index >= 15 is 0 Å². The number of hydrogen-bond acceptors (Lipinski definition) is 4. The molecule has 1 aliphatic rings. The average Bonchev–Trinajstić information content (AvgIpc) is 3.07. The highest BCUT2D eigenvalue weighted by Crippen LogP contribution is 2.40. The van der Waals surface area contributed by atoms with Crippen molar-refractivity contribution in [1.82, 2.24) is 33.9 Å². The van der Waals surface area contributed by atoms with Crippen LogP contribution < -0.4 is 0 Å². The zero-order chi connectivity index (χ0) is 18.4. The third-order valence-corrected chi connectivity index (χ3v) is 5.05. The van der Waals surface area contributed by atoms with Gasteiger partial charge in [0.1, 0.15) is 11.5 Å². The highest BCUT2D eigenvalue weighted by molar-refractivity contribution is 5.68. The summed E-state index contributed by atoms with van der Waals surface area (Å²) in [5, 5.41) is 8.91. The molecule has 1 saturated carbocycles. The highest BCUT2D eigenvalue weighted by atomic mass is 15.3. The molecule has 5 rings (SSSR count). The molecule has 0 aromatic carbocycles. The van der Waals surface area contributed by atoms with Gasteiger partial charge in [0.25, 0.3) is 0 Å². The molecule has 0 amide bonds. The van der Waals surface area contributed by atoms with Crippen LogP contribution in [0, 0.1) is 5.92 Å². The molecule has 0 saturated heterocycles. The van der Waals surface area contributed by atoms with Crippen molar-refractivity contribution in [3.63, 3.8) is 0 Å². The summed E-state index contributed by atoms with van der Waals surface area (Å²) in [6.07, 6.45) is 18.4. The van der Waals surface area contributed by atoms with E-state index < -0.39 is 0 Å². The molecule has 1 aliphatic carbocycles. The highest BCUT2D eigenvalue weighted by Gasteiger charge is 2.31. The predicted molar refractivity (Wildman–Crippen MR) is 103 cm³/mol. The molecule has 1 atom stereocenters. The van der Waals surface area contributed by atoms with E-state index in [-0.39, 0.29) is 0 Å². The third kappa shape index (κ3) is 2.85. The molecule has 1 fully saturated rings. The number of fused-ring (bicyclic) bond motifs is 1. The number of aromatic nitrogens is 7. The summed E-state index contributed by atoms with van der Waals surface area (Å²) in [5.74, 6) is 1.53. The first-order valence-corrected chi connectivity index (χ1v) is 9.23. The van der Waals surface area contributed by atoms with Gasteiger partial charge in [-0.1, -0.05) is 12.2 Å². The number of imidazole rings is 1. The van der Waals surface area contributed by atoms with Gasteiger partial charge in [0.15, 0.2) is 0 Å². The quantitative estimate of drug-likeness (QED) is 0.511. The van der Waals surface area contributed by atoms with Crippen molar-refractivity contribution in [2.45, 2.75) is 25.8 Å². The molecular weight excluding hydrogens is 338 g/mol. The molecule has 27 heavy (non-hydrogen) atoms. The van der Waals surface area contributed by atoms with E-state index in [9.17, 15) is 0 Å². The maximum atomic E-state index is 4.90. The van der Waals surface area contributed by atoms with E-state index in [2.05, 4.69) is 45.1 Å². The topological polar surface area (TPSA) is 65.8 Å². The van der Waals surface area contributed by atoms with Crippen molar-refractivity contribution in [3.05, 3.63) is 55.4 Å². The van der Waals surface area contributed by atoms with Gasteiger partial charge in [-0.2, -0.15) is 10.2 Å². The van der Waals surface area contributed by atoms with Gasteiger partial charge in [0.05, 0.1) is 29.7 Å². The zero-order valence-electron chi connectivity index (χ0n) is 15.4. The third-order valence-electron chi connectivity index (χ3n) is 5.05. The maximum absolute atomic E-state index is 4.90. The fourth-order valence-corrected chi connectivity index (χ4v) is 3.54. The lowest BCUT2D eigenvalue weighted by molar-refractivity contribution is 0.485. The number of hydrogen-bond donors (Lipinski definition) is 0. The lowest BCUT2D eigenvalue weighted by atomic mass is 10.2. The van der Waals surface area contributed by atoms with Crippen molar-refractivity contribution < 1.29 is 0 Å². The number of rotatable bonds is 5. The maximum Gasteiger partial charge on any atom is 0.149 e. The van der Waals surface area contributed by atoms with E-state index in [1.807, 2.05) is 42.3 Å². The standard InChI is InChI=1S/C20H21N7/c1-3-4-18(14-5-6-14)27-13-16(11-23-27)20-24-17(15-10-22-25(2)12-15)9-19-21-7-8-26(19)20/h3-4,7-14,18H,5-6H2,1-2H3/b4-3+. The van der Waals surface area contributed by atoms with Crippen LogP contribution in [0.5, 0.6) is 0 Å². The van der Waals surface area contributed by atoms with Gasteiger partial charge in [-0.3, -0.25) is 13.8 Å². The molecule has 4 aromatic heterocycles. The fraction of sp³-hybridized carbons (Fsp3) is 0.300. The van der Waals surface area contributed by atoms with Crippen LogP contribution in [0.2, 0.25) is 0 Å². The Bertz CT molecular complexity index is 1130. The molecule has 0 N–H and O–H groups in total. The molecule has 4 aromatic rings. The SMILES string of the molecule is C/C=C/C(C1CC1)n1cc(-c2nc(-c3cnn(C)c3)cc3nccn23)cn1. The molecule has 136 valence electrons. The number of allylic oxidation sites excluding steroid dienone is 2. The van der Waals surface area contributed by atoms with Crippen LogP contribution in [0.4, 0.5) is 0 Å². The van der Waals surface area contributed by atoms with E-state index in [0.29, 0.717) is 12.0 Å². The molecule has 4 heterocycles. The van der Waals surface area contributed by atoms with Crippen molar-refractivity contribution >= 4 is 5.65 Å². The second-order valence-corrected chi connectivity index (χ2v) is 7.09. The first-order chi connectivity index (χ1) is 13.2. The van der Waals surface area contributed by atoms with Gasteiger partial charge in [-0.05, 0) is 25.7 Å². The smallest absolute Gasteiger partial charge is 0.149 e. The zero-order valence-corrected chi connectivity index (χ0v) is 15.4. The minimum Gasteiger partial charge on any atom is -0.284 e. The Labute approximate surface area is 157 Å².